The Hall–Kier alpha value is -0.210. The lowest BCUT2D eigenvalue weighted by Crippen LogP contribution is -2.07. The van der Waals surface area contributed by atoms with Crippen LogP contribution < -0.4 is 4.74 Å². The molecule has 3 aliphatic rings. The Labute approximate surface area is 121 Å². The molecule has 0 radical (unpaired) electrons. The molecule has 3 heteroatoms. The maximum absolute atomic E-state index is 6.24. The van der Waals surface area contributed by atoms with E-state index in [0.717, 1.165) is 41.6 Å². The lowest BCUT2D eigenvalue weighted by molar-refractivity contribution is 0.349. The summed E-state index contributed by atoms with van der Waals surface area (Å²) < 4.78 is 5.81. The smallest absolute Gasteiger partial charge is 0.127 e. The van der Waals surface area contributed by atoms with E-state index in [-0.39, 0.29) is 0 Å². The molecule has 4 rings (SSSR count). The van der Waals surface area contributed by atoms with Gasteiger partial charge < -0.3 is 4.74 Å². The highest BCUT2D eigenvalue weighted by Gasteiger charge is 2.48. The monoisotopic (exact) mass is 326 g/mol. The first-order valence-electron chi connectivity index (χ1n) is 6.81. The fourth-order valence-electron chi connectivity index (χ4n) is 3.76. The number of hydrogen-bond donors (Lipinski definition) is 0. The highest BCUT2D eigenvalue weighted by Crippen LogP contribution is 2.59. The van der Waals surface area contributed by atoms with E-state index < -0.39 is 0 Å². The van der Waals surface area contributed by atoms with Crippen LogP contribution in [0.15, 0.2) is 12.1 Å². The topological polar surface area (TPSA) is 9.23 Å². The minimum atomic E-state index is 0.413. The molecule has 0 saturated heterocycles. The summed E-state index contributed by atoms with van der Waals surface area (Å²) in [5.41, 5.74) is 2.56. The second-order valence-electron chi connectivity index (χ2n) is 5.97. The summed E-state index contributed by atoms with van der Waals surface area (Å²) in [5.74, 6) is 3.90. The van der Waals surface area contributed by atoms with Gasteiger partial charge in [-0.25, -0.2) is 0 Å². The van der Waals surface area contributed by atoms with Crippen molar-refractivity contribution in [2.45, 2.75) is 30.5 Å². The molecule has 2 aliphatic carbocycles. The van der Waals surface area contributed by atoms with Gasteiger partial charge in [0, 0.05) is 21.8 Å². The van der Waals surface area contributed by atoms with Crippen molar-refractivity contribution in [1.82, 2.24) is 0 Å². The van der Waals surface area contributed by atoms with Crippen molar-refractivity contribution in [3.05, 3.63) is 28.3 Å². The first-order valence-corrected chi connectivity index (χ1v) is 8.11. The Bertz CT molecular complexity index is 492. The molecule has 0 spiro atoms. The Morgan fingerprint density at radius 3 is 2.78 bits per heavy atom. The van der Waals surface area contributed by atoms with Crippen LogP contribution in [0.4, 0.5) is 0 Å². The Morgan fingerprint density at radius 1 is 1.22 bits per heavy atom. The van der Waals surface area contributed by atoms with Crippen molar-refractivity contribution in [2.24, 2.45) is 17.8 Å². The van der Waals surface area contributed by atoms with Crippen molar-refractivity contribution in [3.63, 3.8) is 0 Å². The predicted molar refractivity (Wildman–Crippen MR) is 76.6 cm³/mol. The summed E-state index contributed by atoms with van der Waals surface area (Å²) in [6, 6.07) is 4.15. The van der Waals surface area contributed by atoms with Crippen molar-refractivity contribution < 1.29 is 4.74 Å². The zero-order chi connectivity index (χ0) is 12.3. The number of alkyl halides is 1. The fraction of sp³-hybridized carbons (Fsp3) is 0.600. The molecule has 0 bridgehead atoms. The second-order valence-corrected chi connectivity index (χ2v) is 7.39. The standard InChI is InChI=1S/C15H16BrClO/c16-14(11-4-9-3-10(9)5-11)13-7-12(17)6-8-1-2-18-15(8)13/h6-7,9-11,14H,1-5H2. The van der Waals surface area contributed by atoms with Crippen LogP contribution in [-0.4, -0.2) is 6.61 Å². The first kappa shape index (κ1) is 11.6. The van der Waals surface area contributed by atoms with Crippen molar-refractivity contribution >= 4 is 27.5 Å². The third kappa shape index (κ3) is 1.80. The van der Waals surface area contributed by atoms with E-state index in [0.29, 0.717) is 4.83 Å². The van der Waals surface area contributed by atoms with E-state index in [1.54, 1.807) is 0 Å². The minimum Gasteiger partial charge on any atom is -0.493 e. The predicted octanol–water partition coefficient (Wildman–Crippen LogP) is 4.76. The third-order valence-corrected chi connectivity index (χ3v) is 6.23. The van der Waals surface area contributed by atoms with E-state index in [1.807, 2.05) is 0 Å². The Morgan fingerprint density at radius 2 is 2.00 bits per heavy atom. The average molecular weight is 328 g/mol. The number of halogens is 2. The quantitative estimate of drug-likeness (QED) is 0.712. The molecule has 0 aromatic heterocycles. The van der Waals surface area contributed by atoms with E-state index in [2.05, 4.69) is 28.1 Å². The van der Waals surface area contributed by atoms with Crippen LogP contribution in [0.3, 0.4) is 0 Å². The zero-order valence-electron chi connectivity index (χ0n) is 10.2. The molecule has 0 amide bonds. The molecule has 18 heavy (non-hydrogen) atoms. The molecule has 2 saturated carbocycles. The highest BCUT2D eigenvalue weighted by atomic mass is 79.9. The van der Waals surface area contributed by atoms with Crippen LogP contribution in [-0.2, 0) is 6.42 Å². The summed E-state index contributed by atoms with van der Waals surface area (Å²) in [6.45, 7) is 0.804. The number of fused-ring (bicyclic) bond motifs is 2. The van der Waals surface area contributed by atoms with Crippen LogP contribution in [0.25, 0.3) is 0 Å². The first-order chi connectivity index (χ1) is 8.72. The molecule has 3 atom stereocenters. The van der Waals surface area contributed by atoms with Crippen molar-refractivity contribution in [2.75, 3.05) is 6.61 Å². The molecule has 1 nitrogen and oxygen atoms in total. The molecule has 3 unspecified atom stereocenters. The van der Waals surface area contributed by atoms with E-state index in [1.165, 1.54) is 30.4 Å². The maximum Gasteiger partial charge on any atom is 0.127 e. The van der Waals surface area contributed by atoms with E-state index in [9.17, 15) is 0 Å². The second kappa shape index (κ2) is 4.14. The summed E-state index contributed by atoms with van der Waals surface area (Å²) >= 11 is 10.2. The Kier molecular flexibility index (Phi) is 2.67. The molecule has 96 valence electrons. The number of ether oxygens (including phenoxy) is 1. The van der Waals surface area contributed by atoms with Gasteiger partial charge in [0.15, 0.2) is 0 Å². The molecule has 0 N–H and O–H groups in total. The van der Waals surface area contributed by atoms with Crippen LogP contribution in [0.5, 0.6) is 5.75 Å². The number of rotatable bonds is 2. The zero-order valence-corrected chi connectivity index (χ0v) is 12.5. The average Bonchev–Trinajstić information content (AvgIpc) is 2.80. The molecule has 1 aliphatic heterocycles. The lowest BCUT2D eigenvalue weighted by atomic mass is 9.93. The highest BCUT2D eigenvalue weighted by molar-refractivity contribution is 9.09. The van der Waals surface area contributed by atoms with Gasteiger partial charge in [0.05, 0.1) is 6.61 Å². The van der Waals surface area contributed by atoms with E-state index in [4.69, 9.17) is 16.3 Å². The summed E-state index contributed by atoms with van der Waals surface area (Å²) in [6.07, 6.45) is 5.22. The van der Waals surface area contributed by atoms with Crippen LogP contribution in [0, 0.1) is 17.8 Å². The van der Waals surface area contributed by atoms with Gasteiger partial charge in [0.1, 0.15) is 5.75 Å². The van der Waals surface area contributed by atoms with Crippen LogP contribution in [0.1, 0.15) is 35.2 Å². The fourth-order valence-corrected chi connectivity index (χ4v) is 4.78. The van der Waals surface area contributed by atoms with Gasteiger partial charge in [-0.1, -0.05) is 27.5 Å². The molecular weight excluding hydrogens is 312 g/mol. The maximum atomic E-state index is 6.24. The molecule has 1 heterocycles. The van der Waals surface area contributed by atoms with Gasteiger partial charge in [-0.15, -0.1) is 0 Å². The minimum absolute atomic E-state index is 0.413. The van der Waals surface area contributed by atoms with Gasteiger partial charge in [-0.3, -0.25) is 0 Å². The van der Waals surface area contributed by atoms with Crippen molar-refractivity contribution in [1.29, 1.82) is 0 Å². The van der Waals surface area contributed by atoms with Gasteiger partial charge >= 0.3 is 0 Å². The molecular formula is C15H16BrClO. The summed E-state index contributed by atoms with van der Waals surface area (Å²) in [7, 11) is 0. The van der Waals surface area contributed by atoms with Gasteiger partial charge in [-0.2, -0.15) is 0 Å². The van der Waals surface area contributed by atoms with Gasteiger partial charge in [-0.05, 0) is 54.7 Å². The molecule has 1 aromatic rings. The largest absolute Gasteiger partial charge is 0.493 e. The Balaban J connectivity index is 1.67. The lowest BCUT2D eigenvalue weighted by Gasteiger charge is -2.21. The van der Waals surface area contributed by atoms with Gasteiger partial charge in [0.2, 0.25) is 0 Å². The van der Waals surface area contributed by atoms with Gasteiger partial charge in [0.25, 0.3) is 0 Å². The molecule has 1 aromatic carbocycles. The molecule has 2 fully saturated rings. The van der Waals surface area contributed by atoms with Crippen LogP contribution in [0.2, 0.25) is 5.02 Å². The summed E-state index contributed by atoms with van der Waals surface area (Å²) in [5, 5.41) is 0.849. The normalized spacial score (nSPS) is 33.8. The van der Waals surface area contributed by atoms with E-state index >= 15 is 0 Å². The number of benzene rings is 1. The third-order valence-electron chi connectivity index (χ3n) is 4.77. The van der Waals surface area contributed by atoms with Crippen LogP contribution >= 0.6 is 27.5 Å². The number of hydrogen-bond acceptors (Lipinski definition) is 1. The summed E-state index contributed by atoms with van der Waals surface area (Å²) in [4.78, 5) is 0.413. The van der Waals surface area contributed by atoms with Crippen molar-refractivity contribution in [3.8, 4) is 5.75 Å². The SMILES string of the molecule is Clc1cc2c(c(C(Br)C3CC4CC4C3)c1)OCC2.